The van der Waals surface area contributed by atoms with Crippen molar-refractivity contribution in [2.24, 2.45) is 0 Å². The Balaban J connectivity index is 1.36. The van der Waals surface area contributed by atoms with E-state index in [0.29, 0.717) is 46.3 Å². The lowest BCUT2D eigenvalue weighted by atomic mass is 10.0. The van der Waals surface area contributed by atoms with Crippen LogP contribution in [0.5, 0.6) is 0 Å². The summed E-state index contributed by atoms with van der Waals surface area (Å²) < 4.78 is 13.3. The van der Waals surface area contributed by atoms with Gasteiger partial charge in [-0.2, -0.15) is 0 Å². The zero-order valence-corrected chi connectivity index (χ0v) is 22.8. The number of hydrogen-bond donors (Lipinski definition) is 1. The summed E-state index contributed by atoms with van der Waals surface area (Å²) in [6.45, 7) is 7.59. The molecular formula is C26H32ClN5O4S. The topological polar surface area (TPSA) is 92.8 Å². The molecule has 2 aliphatic heterocycles. The Morgan fingerprint density at radius 3 is 2.57 bits per heavy atom. The van der Waals surface area contributed by atoms with E-state index in [2.05, 4.69) is 29.2 Å². The van der Waals surface area contributed by atoms with Gasteiger partial charge in [-0.05, 0) is 51.0 Å². The highest BCUT2D eigenvalue weighted by Crippen LogP contribution is 2.31. The van der Waals surface area contributed by atoms with E-state index in [-0.39, 0.29) is 30.5 Å². The number of nitrogens with one attached hydrogen (secondary N) is 1. The molecule has 11 heteroatoms. The second-order valence-corrected chi connectivity index (χ2v) is 11.6. The fraction of sp³-hybridized carbons (Fsp3) is 0.500. The van der Waals surface area contributed by atoms with Crippen LogP contribution in [0.25, 0.3) is 10.6 Å². The molecular weight excluding hydrogens is 514 g/mol. The molecule has 2 amide bonds. The summed E-state index contributed by atoms with van der Waals surface area (Å²) in [7, 11) is 1.65. The highest BCUT2D eigenvalue weighted by atomic mass is 35.5. The lowest BCUT2D eigenvalue weighted by molar-refractivity contribution is -0.0196. The van der Waals surface area contributed by atoms with Crippen molar-refractivity contribution in [1.82, 2.24) is 24.8 Å². The monoisotopic (exact) mass is 545 g/mol. The third-order valence-corrected chi connectivity index (χ3v) is 8.44. The SMILES string of the molecule is COC1CN(C(=O)c2ccc(C(=O)NC3CCN(C(C)C)CC3)n2Cc2cc(-c3ccc(Cl)s3)on2)C1. The number of rotatable bonds is 8. The van der Waals surface area contributed by atoms with Crippen molar-refractivity contribution in [3.63, 3.8) is 0 Å². The van der Waals surface area contributed by atoms with Crippen LogP contribution in [0.15, 0.2) is 34.9 Å². The van der Waals surface area contributed by atoms with Crippen LogP contribution < -0.4 is 5.32 Å². The third-order valence-electron chi connectivity index (χ3n) is 7.19. The minimum absolute atomic E-state index is 0.0440. The highest BCUT2D eigenvalue weighted by Gasteiger charge is 2.34. The van der Waals surface area contributed by atoms with Gasteiger partial charge in [-0.15, -0.1) is 11.3 Å². The van der Waals surface area contributed by atoms with Crippen LogP contribution in [0.2, 0.25) is 4.34 Å². The molecule has 198 valence electrons. The van der Waals surface area contributed by atoms with Crippen LogP contribution in [-0.4, -0.2) is 82.8 Å². The van der Waals surface area contributed by atoms with Crippen molar-refractivity contribution in [3.8, 4) is 10.6 Å². The van der Waals surface area contributed by atoms with Crippen molar-refractivity contribution in [2.75, 3.05) is 33.3 Å². The number of aromatic nitrogens is 2. The maximum Gasteiger partial charge on any atom is 0.270 e. The van der Waals surface area contributed by atoms with E-state index in [4.69, 9.17) is 20.9 Å². The van der Waals surface area contributed by atoms with Crippen LogP contribution in [0.3, 0.4) is 0 Å². The maximum absolute atomic E-state index is 13.4. The van der Waals surface area contributed by atoms with Gasteiger partial charge in [0.15, 0.2) is 5.76 Å². The van der Waals surface area contributed by atoms with E-state index in [1.165, 1.54) is 11.3 Å². The van der Waals surface area contributed by atoms with Gasteiger partial charge >= 0.3 is 0 Å². The lowest BCUT2D eigenvalue weighted by Crippen LogP contribution is -2.54. The second kappa shape index (κ2) is 11.0. The van der Waals surface area contributed by atoms with Crippen LogP contribution in [-0.2, 0) is 11.3 Å². The maximum atomic E-state index is 13.4. The number of carbonyl (C=O) groups is 2. The second-order valence-electron chi connectivity index (χ2n) is 9.92. The van der Waals surface area contributed by atoms with E-state index < -0.39 is 0 Å². The smallest absolute Gasteiger partial charge is 0.270 e. The number of carbonyl (C=O) groups excluding carboxylic acids is 2. The number of nitrogens with zero attached hydrogens (tertiary/aromatic N) is 4. The molecule has 3 aromatic rings. The highest BCUT2D eigenvalue weighted by molar-refractivity contribution is 7.19. The molecule has 3 aromatic heterocycles. The number of ether oxygens (including phenoxy) is 1. The van der Waals surface area contributed by atoms with E-state index in [1.54, 1.807) is 34.8 Å². The molecule has 5 rings (SSSR count). The van der Waals surface area contributed by atoms with Crippen molar-refractivity contribution in [1.29, 1.82) is 0 Å². The van der Waals surface area contributed by atoms with E-state index in [9.17, 15) is 9.59 Å². The molecule has 0 aromatic carbocycles. The van der Waals surface area contributed by atoms with Crippen molar-refractivity contribution < 1.29 is 18.8 Å². The molecule has 0 atom stereocenters. The number of likely N-dealkylation sites (tertiary alicyclic amines) is 2. The molecule has 5 heterocycles. The van der Waals surface area contributed by atoms with Crippen LogP contribution in [0.1, 0.15) is 53.4 Å². The Hall–Kier alpha value is -2.66. The average molecular weight is 546 g/mol. The van der Waals surface area contributed by atoms with Gasteiger partial charge in [0.25, 0.3) is 11.8 Å². The summed E-state index contributed by atoms with van der Waals surface area (Å²) in [6.07, 6.45) is 1.85. The van der Waals surface area contributed by atoms with Gasteiger partial charge in [0.2, 0.25) is 0 Å². The van der Waals surface area contributed by atoms with Gasteiger partial charge < -0.3 is 28.9 Å². The van der Waals surface area contributed by atoms with E-state index >= 15 is 0 Å². The normalized spacial score (nSPS) is 17.4. The minimum atomic E-state index is -0.186. The van der Waals surface area contributed by atoms with Crippen molar-refractivity contribution in [2.45, 2.75) is 51.4 Å². The number of amides is 2. The van der Waals surface area contributed by atoms with Gasteiger partial charge in [-0.1, -0.05) is 16.8 Å². The molecule has 2 saturated heterocycles. The molecule has 2 fully saturated rings. The first-order valence-electron chi connectivity index (χ1n) is 12.6. The molecule has 2 aliphatic rings. The van der Waals surface area contributed by atoms with Gasteiger partial charge in [0.05, 0.1) is 21.9 Å². The largest absolute Gasteiger partial charge is 0.378 e. The predicted octanol–water partition coefficient (Wildman–Crippen LogP) is 3.98. The van der Waals surface area contributed by atoms with Gasteiger partial charge in [-0.3, -0.25) is 9.59 Å². The summed E-state index contributed by atoms with van der Waals surface area (Å²) in [4.78, 5) is 31.7. The molecule has 0 spiro atoms. The first-order valence-corrected chi connectivity index (χ1v) is 13.8. The Kier molecular flexibility index (Phi) is 7.71. The lowest BCUT2D eigenvalue weighted by Gasteiger charge is -2.38. The Bertz CT molecular complexity index is 1250. The van der Waals surface area contributed by atoms with Crippen LogP contribution in [0, 0.1) is 0 Å². The Labute approximate surface area is 225 Å². The fourth-order valence-electron chi connectivity index (χ4n) is 4.87. The quantitative estimate of drug-likeness (QED) is 0.460. The number of halogens is 1. The summed E-state index contributed by atoms with van der Waals surface area (Å²) in [6, 6.07) is 9.55. The Morgan fingerprint density at radius 1 is 1.19 bits per heavy atom. The number of thiophene rings is 1. The van der Waals surface area contributed by atoms with Crippen molar-refractivity contribution in [3.05, 3.63) is 51.7 Å². The van der Waals surface area contributed by atoms with Crippen molar-refractivity contribution >= 4 is 34.8 Å². The number of hydrogen-bond acceptors (Lipinski definition) is 7. The predicted molar refractivity (Wildman–Crippen MR) is 142 cm³/mol. The summed E-state index contributed by atoms with van der Waals surface area (Å²) in [5, 5.41) is 7.40. The number of piperidine rings is 1. The number of methoxy groups -OCH3 is 1. The molecule has 37 heavy (non-hydrogen) atoms. The summed E-state index contributed by atoms with van der Waals surface area (Å²) in [5.41, 5.74) is 1.49. The molecule has 0 saturated carbocycles. The molecule has 0 radical (unpaired) electrons. The van der Waals surface area contributed by atoms with Crippen LogP contribution >= 0.6 is 22.9 Å². The summed E-state index contributed by atoms with van der Waals surface area (Å²) >= 11 is 7.47. The van der Waals surface area contributed by atoms with Gasteiger partial charge in [0.1, 0.15) is 17.1 Å². The first-order chi connectivity index (χ1) is 17.8. The zero-order chi connectivity index (χ0) is 26.1. The summed E-state index contributed by atoms with van der Waals surface area (Å²) in [5.74, 6) is 0.279. The van der Waals surface area contributed by atoms with Gasteiger partial charge in [0, 0.05) is 51.4 Å². The average Bonchev–Trinajstić information content (AvgIpc) is 3.59. The molecule has 0 unspecified atom stereocenters. The third kappa shape index (κ3) is 5.62. The van der Waals surface area contributed by atoms with E-state index in [1.807, 2.05) is 12.1 Å². The zero-order valence-electron chi connectivity index (χ0n) is 21.3. The standard InChI is InChI=1S/C26H32ClN5O4S/c1-16(2)30-10-8-17(9-11-30)28-25(33)20-4-5-21(26(34)31-14-19(15-31)35-3)32(20)13-18-12-22(36-29-18)23-6-7-24(27)37-23/h4-7,12,16-17,19H,8-11,13-15H2,1-3H3,(H,28,33). The first kappa shape index (κ1) is 26.0. The molecule has 0 bridgehead atoms. The fourth-order valence-corrected chi connectivity index (χ4v) is 5.86. The van der Waals surface area contributed by atoms with Gasteiger partial charge in [-0.25, -0.2) is 0 Å². The molecule has 9 nitrogen and oxygen atoms in total. The minimum Gasteiger partial charge on any atom is -0.378 e. The molecule has 1 N–H and O–H groups in total. The van der Waals surface area contributed by atoms with E-state index in [0.717, 1.165) is 30.8 Å². The molecule has 0 aliphatic carbocycles. The Morgan fingerprint density at radius 2 is 1.92 bits per heavy atom. The van der Waals surface area contributed by atoms with Crippen LogP contribution in [0.4, 0.5) is 0 Å².